The molecule has 0 saturated carbocycles. The summed E-state index contributed by atoms with van der Waals surface area (Å²) in [5.74, 6) is -0.454. The standard InChI is InChI=1S/C20H29FN4S.C9H18/c1-13(12-22)24-20(11-17-6-8-18(23)9-7-17)16(4)25-19(15(3)21)10-5-14(2)26;1-4-5-6-7-8-9(2)3/h6-9,19-20,24-26H,1-5,10-12,22-23H2;2,4-8H2,1,3H3. The van der Waals surface area contributed by atoms with Gasteiger partial charge in [-0.2, -0.15) is 0 Å². The normalized spacial score (nSPS) is 11.9. The number of allylic oxidation sites excluding steroid dienone is 2. The zero-order valence-corrected chi connectivity index (χ0v) is 22.7. The van der Waals surface area contributed by atoms with Gasteiger partial charge in [-0.1, -0.05) is 70.2 Å². The van der Waals surface area contributed by atoms with Crippen molar-refractivity contribution in [2.24, 2.45) is 5.73 Å². The third-order valence-electron chi connectivity index (χ3n) is 5.38. The van der Waals surface area contributed by atoms with Crippen molar-refractivity contribution < 1.29 is 4.39 Å². The van der Waals surface area contributed by atoms with Gasteiger partial charge in [-0.05, 0) is 61.6 Å². The first-order valence-electron chi connectivity index (χ1n) is 12.3. The first-order chi connectivity index (χ1) is 16.5. The number of anilines is 1. The number of rotatable bonds is 17. The van der Waals surface area contributed by atoms with Gasteiger partial charge in [-0.15, -0.1) is 19.2 Å². The number of benzene rings is 1. The Balaban J connectivity index is 0.00000109. The summed E-state index contributed by atoms with van der Waals surface area (Å²) in [6.07, 6.45) is 8.33. The molecule has 0 heterocycles. The van der Waals surface area contributed by atoms with Gasteiger partial charge in [0.1, 0.15) is 5.83 Å². The van der Waals surface area contributed by atoms with Crippen LogP contribution in [-0.2, 0) is 6.42 Å². The molecule has 2 unspecified atom stereocenters. The lowest BCUT2D eigenvalue weighted by molar-refractivity contribution is 0.454. The minimum Gasteiger partial charge on any atom is -0.399 e. The summed E-state index contributed by atoms with van der Waals surface area (Å²) in [6, 6.07) is 6.79. The highest BCUT2D eigenvalue weighted by Gasteiger charge is 2.19. The SMILES string of the molecule is C=C(C)CCCCCC.C=C(S)CCC(NC(=C)C(Cc1ccc(N)cc1)NC(=C)CN)C(=C)F. The van der Waals surface area contributed by atoms with Crippen LogP contribution in [-0.4, -0.2) is 18.6 Å². The van der Waals surface area contributed by atoms with Crippen LogP contribution in [0.25, 0.3) is 0 Å². The Hall–Kier alpha value is -2.44. The van der Waals surface area contributed by atoms with Crippen LogP contribution < -0.4 is 22.1 Å². The zero-order chi connectivity index (χ0) is 26.8. The van der Waals surface area contributed by atoms with E-state index in [1.807, 2.05) is 24.3 Å². The summed E-state index contributed by atoms with van der Waals surface area (Å²) >= 11 is 4.16. The van der Waals surface area contributed by atoms with Gasteiger partial charge in [-0.25, -0.2) is 4.39 Å². The van der Waals surface area contributed by atoms with Crippen LogP contribution in [0.1, 0.15) is 64.4 Å². The van der Waals surface area contributed by atoms with Gasteiger partial charge in [-0.3, -0.25) is 0 Å². The Labute approximate surface area is 218 Å². The molecule has 0 aliphatic rings. The maximum atomic E-state index is 13.8. The minimum atomic E-state index is -0.562. The Bertz CT molecular complexity index is 816. The molecule has 6 N–H and O–H groups in total. The van der Waals surface area contributed by atoms with Crippen LogP contribution in [0.15, 0.2) is 84.9 Å². The van der Waals surface area contributed by atoms with Gasteiger partial charge in [0.05, 0.1) is 12.1 Å². The quantitative estimate of drug-likeness (QED) is 0.0691. The number of nitrogen functional groups attached to an aromatic ring is 1. The maximum Gasteiger partial charge on any atom is 0.115 e. The number of hydrogen-bond acceptors (Lipinski definition) is 5. The number of thiol groups is 1. The van der Waals surface area contributed by atoms with Gasteiger partial charge < -0.3 is 22.1 Å². The van der Waals surface area contributed by atoms with E-state index >= 15 is 0 Å². The van der Waals surface area contributed by atoms with Crippen LogP contribution in [0, 0.1) is 0 Å². The summed E-state index contributed by atoms with van der Waals surface area (Å²) in [7, 11) is 0. The molecule has 0 spiro atoms. The van der Waals surface area contributed by atoms with Crippen LogP contribution in [0.5, 0.6) is 0 Å². The summed E-state index contributed by atoms with van der Waals surface area (Å²) in [4.78, 5) is 0.691. The first kappa shape index (κ1) is 32.6. The van der Waals surface area contributed by atoms with Gasteiger partial charge in [0.15, 0.2) is 0 Å². The number of halogens is 1. The molecule has 0 radical (unpaired) electrons. The van der Waals surface area contributed by atoms with Crippen molar-refractivity contribution in [3.63, 3.8) is 0 Å². The predicted molar refractivity (Wildman–Crippen MR) is 157 cm³/mol. The fourth-order valence-corrected chi connectivity index (χ4v) is 3.38. The summed E-state index contributed by atoms with van der Waals surface area (Å²) in [6.45, 7) is 23.6. The molecule has 0 fully saturated rings. The van der Waals surface area contributed by atoms with E-state index in [1.54, 1.807) is 0 Å². The topological polar surface area (TPSA) is 76.1 Å². The van der Waals surface area contributed by atoms with Crippen LogP contribution in [0.4, 0.5) is 10.1 Å². The van der Waals surface area contributed by atoms with E-state index in [-0.39, 0.29) is 6.04 Å². The van der Waals surface area contributed by atoms with Crippen molar-refractivity contribution in [3.8, 4) is 0 Å². The molecule has 1 aromatic carbocycles. The molecule has 0 aliphatic heterocycles. The molecular formula is C29H47FN4S. The number of nitrogens with one attached hydrogen (secondary N) is 2. The molecule has 6 heteroatoms. The van der Waals surface area contributed by atoms with Crippen molar-refractivity contribution in [2.45, 2.75) is 77.3 Å². The summed E-state index contributed by atoms with van der Waals surface area (Å²) in [5.41, 5.74) is 15.8. The lowest BCUT2D eigenvalue weighted by atomic mass is 10.0. The van der Waals surface area contributed by atoms with E-state index in [0.29, 0.717) is 47.8 Å². The van der Waals surface area contributed by atoms with E-state index in [9.17, 15) is 4.39 Å². The average molecular weight is 503 g/mol. The Morgan fingerprint density at radius 1 is 0.971 bits per heavy atom. The fourth-order valence-electron chi connectivity index (χ4n) is 3.25. The highest BCUT2D eigenvalue weighted by molar-refractivity contribution is 7.84. The molecule has 0 aliphatic carbocycles. The first-order valence-corrected chi connectivity index (χ1v) is 12.7. The van der Waals surface area contributed by atoms with Crippen molar-refractivity contribution >= 4 is 18.3 Å². The van der Waals surface area contributed by atoms with Crippen LogP contribution in [0.2, 0.25) is 0 Å². The lowest BCUT2D eigenvalue weighted by Crippen LogP contribution is -2.42. The van der Waals surface area contributed by atoms with Crippen molar-refractivity contribution in [1.82, 2.24) is 10.6 Å². The molecular weight excluding hydrogens is 455 g/mol. The average Bonchev–Trinajstić information content (AvgIpc) is 2.80. The Kier molecular flexibility index (Phi) is 17.5. The van der Waals surface area contributed by atoms with E-state index < -0.39 is 11.9 Å². The van der Waals surface area contributed by atoms with E-state index in [0.717, 1.165) is 5.56 Å². The third kappa shape index (κ3) is 16.8. The molecule has 2 atom stereocenters. The lowest BCUT2D eigenvalue weighted by Gasteiger charge is -2.27. The number of hydrogen-bond donors (Lipinski definition) is 5. The molecule has 0 amide bonds. The van der Waals surface area contributed by atoms with Crippen molar-refractivity contribution in [1.29, 1.82) is 0 Å². The third-order valence-corrected chi connectivity index (χ3v) is 5.60. The highest BCUT2D eigenvalue weighted by atomic mass is 32.1. The Morgan fingerprint density at radius 3 is 2.09 bits per heavy atom. The minimum absolute atomic E-state index is 0.212. The highest BCUT2D eigenvalue weighted by Crippen LogP contribution is 2.18. The molecule has 0 aromatic heterocycles. The van der Waals surface area contributed by atoms with E-state index in [2.05, 4.69) is 70.0 Å². The summed E-state index contributed by atoms with van der Waals surface area (Å²) < 4.78 is 13.8. The van der Waals surface area contributed by atoms with Gasteiger partial charge in [0, 0.05) is 23.6 Å². The van der Waals surface area contributed by atoms with Gasteiger partial charge in [0.25, 0.3) is 0 Å². The molecule has 1 aromatic rings. The monoisotopic (exact) mass is 502 g/mol. The molecule has 196 valence electrons. The van der Waals surface area contributed by atoms with Crippen LogP contribution in [0.3, 0.4) is 0 Å². The maximum absolute atomic E-state index is 13.8. The van der Waals surface area contributed by atoms with Gasteiger partial charge >= 0.3 is 0 Å². The second-order valence-corrected chi connectivity index (χ2v) is 9.62. The predicted octanol–water partition coefficient (Wildman–Crippen LogP) is 6.95. The fraction of sp³-hybridized carbons (Fsp3) is 0.448. The smallest absolute Gasteiger partial charge is 0.115 e. The van der Waals surface area contributed by atoms with Crippen molar-refractivity contribution in [3.05, 3.63) is 90.4 Å². The molecule has 1 rings (SSSR count). The number of nitrogens with two attached hydrogens (primary N) is 2. The molecule has 4 nitrogen and oxygen atoms in total. The molecule has 35 heavy (non-hydrogen) atoms. The molecule has 0 saturated heterocycles. The molecule has 0 bridgehead atoms. The van der Waals surface area contributed by atoms with E-state index in [1.165, 1.54) is 37.7 Å². The largest absolute Gasteiger partial charge is 0.399 e. The van der Waals surface area contributed by atoms with Crippen LogP contribution >= 0.6 is 12.6 Å². The second kappa shape index (κ2) is 18.8. The zero-order valence-electron chi connectivity index (χ0n) is 21.8. The number of unbranched alkanes of at least 4 members (excludes halogenated alkanes) is 3. The van der Waals surface area contributed by atoms with E-state index in [4.69, 9.17) is 11.5 Å². The van der Waals surface area contributed by atoms with Gasteiger partial charge in [0.2, 0.25) is 0 Å². The second-order valence-electron chi connectivity index (χ2n) is 8.99. The Morgan fingerprint density at radius 2 is 1.60 bits per heavy atom. The summed E-state index contributed by atoms with van der Waals surface area (Å²) in [5, 5.41) is 6.36. The van der Waals surface area contributed by atoms with Crippen molar-refractivity contribution in [2.75, 3.05) is 12.3 Å².